The highest BCUT2D eigenvalue weighted by atomic mass is 16.2. The lowest BCUT2D eigenvalue weighted by atomic mass is 10.2. The third-order valence-electron chi connectivity index (χ3n) is 2.54. The van der Waals surface area contributed by atoms with Crippen molar-refractivity contribution < 1.29 is 4.79 Å². The van der Waals surface area contributed by atoms with Crippen LogP contribution in [0.25, 0.3) is 0 Å². The average molecular weight is 210 g/mol. The molecule has 15 heavy (non-hydrogen) atoms. The van der Waals surface area contributed by atoms with Gasteiger partial charge in [0.05, 0.1) is 19.0 Å². The van der Waals surface area contributed by atoms with Crippen LogP contribution in [-0.4, -0.2) is 49.6 Å². The largest absolute Gasteiger partial charge is 0.354 e. The summed E-state index contributed by atoms with van der Waals surface area (Å²) in [5.74, 6) is 0.0130. The molecule has 0 unspecified atom stereocenters. The number of carbonyl (C=O) groups excluding carboxylic acids is 1. The molecule has 0 spiro atoms. The first-order valence-corrected chi connectivity index (χ1v) is 5.32. The third-order valence-corrected chi connectivity index (χ3v) is 2.54. The zero-order valence-electron chi connectivity index (χ0n) is 9.12. The molecule has 1 rings (SSSR count). The first-order chi connectivity index (χ1) is 7.24. The fourth-order valence-corrected chi connectivity index (χ4v) is 1.62. The molecule has 0 aliphatic carbocycles. The number of hydrogen-bond donors (Lipinski definition) is 2. The van der Waals surface area contributed by atoms with Gasteiger partial charge in [0.2, 0.25) is 5.91 Å². The molecule has 1 heterocycles. The van der Waals surface area contributed by atoms with Crippen LogP contribution in [0.3, 0.4) is 0 Å². The summed E-state index contributed by atoms with van der Waals surface area (Å²) in [5, 5.41) is 14.3. The van der Waals surface area contributed by atoms with Gasteiger partial charge in [-0.1, -0.05) is 0 Å². The molecule has 0 aromatic heterocycles. The molecule has 0 bridgehead atoms. The van der Waals surface area contributed by atoms with E-state index in [1.165, 1.54) is 0 Å². The smallest absolute Gasteiger partial charge is 0.234 e. The molecule has 0 aromatic carbocycles. The number of rotatable bonds is 4. The summed E-state index contributed by atoms with van der Waals surface area (Å²) in [6.45, 7) is 5.78. The topological polar surface area (TPSA) is 68.2 Å². The van der Waals surface area contributed by atoms with Crippen molar-refractivity contribution in [1.29, 1.82) is 5.26 Å². The number of piperazine rings is 1. The number of nitrogens with one attached hydrogen (secondary N) is 2. The summed E-state index contributed by atoms with van der Waals surface area (Å²) in [5.41, 5.74) is 0. The van der Waals surface area contributed by atoms with E-state index < -0.39 is 0 Å². The predicted octanol–water partition coefficient (Wildman–Crippen LogP) is -0.690. The van der Waals surface area contributed by atoms with E-state index in [4.69, 9.17) is 5.26 Å². The van der Waals surface area contributed by atoms with Gasteiger partial charge in [-0.05, 0) is 6.92 Å². The van der Waals surface area contributed by atoms with E-state index in [1.807, 2.05) is 6.07 Å². The highest BCUT2D eigenvalue weighted by Crippen LogP contribution is 2.00. The molecular formula is C10H18N4O. The van der Waals surface area contributed by atoms with E-state index in [2.05, 4.69) is 22.5 Å². The molecule has 1 atom stereocenters. The summed E-state index contributed by atoms with van der Waals surface area (Å²) in [6.07, 6.45) is 0.378. The second kappa shape index (κ2) is 6.38. The van der Waals surface area contributed by atoms with Crippen LogP contribution in [0.2, 0.25) is 0 Å². The second-order valence-corrected chi connectivity index (χ2v) is 3.78. The van der Waals surface area contributed by atoms with Gasteiger partial charge in [-0.2, -0.15) is 5.26 Å². The number of carbonyl (C=O) groups is 1. The van der Waals surface area contributed by atoms with E-state index in [9.17, 15) is 4.79 Å². The van der Waals surface area contributed by atoms with Crippen molar-refractivity contribution in [3.05, 3.63) is 0 Å². The lowest BCUT2D eigenvalue weighted by Gasteiger charge is -2.33. The summed E-state index contributed by atoms with van der Waals surface area (Å²) in [7, 11) is 0. The quantitative estimate of drug-likeness (QED) is 0.603. The molecule has 84 valence electrons. The molecule has 1 amide bonds. The highest BCUT2D eigenvalue weighted by molar-refractivity contribution is 5.78. The van der Waals surface area contributed by atoms with Crippen molar-refractivity contribution in [3.8, 4) is 6.07 Å². The van der Waals surface area contributed by atoms with Crippen molar-refractivity contribution >= 4 is 5.91 Å². The molecule has 0 radical (unpaired) electrons. The Balaban J connectivity index is 2.21. The molecule has 5 heteroatoms. The van der Waals surface area contributed by atoms with Gasteiger partial charge in [-0.25, -0.2) is 0 Å². The van der Waals surface area contributed by atoms with Gasteiger partial charge in [0, 0.05) is 32.2 Å². The standard InChI is InChI=1S/C10H18N4O/c1-9-7-12-5-6-14(9)8-10(15)13-4-2-3-11/h9,12H,2,4-8H2,1H3,(H,13,15)/t9-/m1/s1. The Hall–Kier alpha value is -1.12. The van der Waals surface area contributed by atoms with E-state index >= 15 is 0 Å². The molecule has 1 saturated heterocycles. The second-order valence-electron chi connectivity index (χ2n) is 3.78. The molecule has 1 fully saturated rings. The van der Waals surface area contributed by atoms with Gasteiger partial charge >= 0.3 is 0 Å². The van der Waals surface area contributed by atoms with E-state index in [0.717, 1.165) is 19.6 Å². The number of amides is 1. The maximum absolute atomic E-state index is 11.4. The summed E-state index contributed by atoms with van der Waals surface area (Å²) >= 11 is 0. The van der Waals surface area contributed by atoms with Crippen LogP contribution in [0, 0.1) is 11.3 Å². The van der Waals surface area contributed by atoms with Gasteiger partial charge in [-0.3, -0.25) is 9.69 Å². The van der Waals surface area contributed by atoms with E-state index in [0.29, 0.717) is 25.6 Å². The first-order valence-electron chi connectivity index (χ1n) is 5.32. The van der Waals surface area contributed by atoms with Crippen LogP contribution in [0.15, 0.2) is 0 Å². The number of nitrogens with zero attached hydrogens (tertiary/aromatic N) is 2. The van der Waals surface area contributed by atoms with Crippen LogP contribution < -0.4 is 10.6 Å². The fourth-order valence-electron chi connectivity index (χ4n) is 1.62. The molecule has 2 N–H and O–H groups in total. The van der Waals surface area contributed by atoms with Crippen molar-refractivity contribution in [2.75, 3.05) is 32.7 Å². The zero-order valence-corrected chi connectivity index (χ0v) is 9.12. The fraction of sp³-hybridized carbons (Fsp3) is 0.800. The third kappa shape index (κ3) is 4.28. The predicted molar refractivity (Wildman–Crippen MR) is 57.1 cm³/mol. The monoisotopic (exact) mass is 210 g/mol. The molecule has 1 aliphatic rings. The minimum atomic E-state index is 0.0130. The molecule has 0 saturated carbocycles. The van der Waals surface area contributed by atoms with Gasteiger partial charge in [0.15, 0.2) is 0 Å². The minimum Gasteiger partial charge on any atom is -0.354 e. The van der Waals surface area contributed by atoms with Crippen molar-refractivity contribution in [1.82, 2.24) is 15.5 Å². The Morgan fingerprint density at radius 3 is 3.20 bits per heavy atom. The van der Waals surface area contributed by atoms with Crippen LogP contribution in [0.4, 0.5) is 0 Å². The Bertz CT molecular complexity index is 248. The summed E-state index contributed by atoms with van der Waals surface area (Å²) in [4.78, 5) is 13.6. The van der Waals surface area contributed by atoms with Gasteiger partial charge in [0.1, 0.15) is 0 Å². The Labute approximate surface area is 90.4 Å². The van der Waals surface area contributed by atoms with E-state index in [1.54, 1.807) is 0 Å². The average Bonchev–Trinajstić information content (AvgIpc) is 2.22. The lowest BCUT2D eigenvalue weighted by Crippen LogP contribution is -2.52. The summed E-state index contributed by atoms with van der Waals surface area (Å²) < 4.78 is 0. The van der Waals surface area contributed by atoms with E-state index in [-0.39, 0.29) is 5.91 Å². The first kappa shape index (κ1) is 12.0. The maximum Gasteiger partial charge on any atom is 0.234 e. The van der Waals surface area contributed by atoms with Crippen LogP contribution in [0.1, 0.15) is 13.3 Å². The zero-order chi connectivity index (χ0) is 11.1. The Morgan fingerprint density at radius 1 is 1.73 bits per heavy atom. The molecule has 5 nitrogen and oxygen atoms in total. The van der Waals surface area contributed by atoms with Crippen LogP contribution in [0.5, 0.6) is 0 Å². The molecular weight excluding hydrogens is 192 g/mol. The minimum absolute atomic E-state index is 0.0130. The van der Waals surface area contributed by atoms with Gasteiger partial charge < -0.3 is 10.6 Å². The van der Waals surface area contributed by atoms with Gasteiger partial charge in [-0.15, -0.1) is 0 Å². The van der Waals surface area contributed by atoms with Crippen molar-refractivity contribution in [3.63, 3.8) is 0 Å². The van der Waals surface area contributed by atoms with Crippen molar-refractivity contribution in [2.45, 2.75) is 19.4 Å². The molecule has 0 aromatic rings. The Kier molecular flexibility index (Phi) is 5.08. The van der Waals surface area contributed by atoms with Crippen LogP contribution in [-0.2, 0) is 4.79 Å². The lowest BCUT2D eigenvalue weighted by molar-refractivity contribution is -0.122. The highest BCUT2D eigenvalue weighted by Gasteiger charge is 2.19. The SMILES string of the molecule is C[C@@H]1CNCCN1CC(=O)NCCC#N. The number of hydrogen-bond acceptors (Lipinski definition) is 4. The molecule has 1 aliphatic heterocycles. The van der Waals surface area contributed by atoms with Crippen molar-refractivity contribution in [2.24, 2.45) is 0 Å². The Morgan fingerprint density at radius 2 is 2.53 bits per heavy atom. The van der Waals surface area contributed by atoms with Gasteiger partial charge in [0.25, 0.3) is 0 Å². The normalized spacial score (nSPS) is 22.0. The maximum atomic E-state index is 11.4. The number of nitriles is 1. The summed E-state index contributed by atoms with van der Waals surface area (Å²) in [6, 6.07) is 2.40. The van der Waals surface area contributed by atoms with Crippen LogP contribution >= 0.6 is 0 Å².